The summed E-state index contributed by atoms with van der Waals surface area (Å²) in [6, 6.07) is 8.69. The van der Waals surface area contributed by atoms with Crippen molar-refractivity contribution in [3.05, 3.63) is 54.5 Å². The second-order valence-electron chi connectivity index (χ2n) is 6.31. The van der Waals surface area contributed by atoms with E-state index in [1.54, 1.807) is 48.9 Å². The van der Waals surface area contributed by atoms with Crippen molar-refractivity contribution < 1.29 is 23.7 Å². The lowest BCUT2D eigenvalue weighted by atomic mass is 10.1. The number of aliphatic hydroxyl groups excluding tert-OH is 1. The molecule has 0 amide bonds. The summed E-state index contributed by atoms with van der Waals surface area (Å²) in [6.07, 6.45) is 3.81. The molecule has 3 aromatic heterocycles. The Hall–Kier alpha value is -3.85. The zero-order chi connectivity index (χ0) is 21.1. The van der Waals surface area contributed by atoms with Gasteiger partial charge < -0.3 is 29.1 Å². The van der Waals surface area contributed by atoms with Crippen molar-refractivity contribution in [1.29, 1.82) is 0 Å². The summed E-state index contributed by atoms with van der Waals surface area (Å²) in [7, 11) is 4.56. The van der Waals surface area contributed by atoms with Gasteiger partial charge >= 0.3 is 0 Å². The Kier molecular flexibility index (Phi) is 5.36. The number of nitrogens with one attached hydrogen (secondary N) is 1. The lowest BCUT2D eigenvalue weighted by Gasteiger charge is -2.18. The molecule has 154 valence electrons. The molecule has 0 radical (unpaired) electrons. The van der Waals surface area contributed by atoms with Gasteiger partial charge in [-0.2, -0.15) is 4.98 Å². The number of hydrogen-bond acceptors (Lipinski definition) is 9. The van der Waals surface area contributed by atoms with Crippen molar-refractivity contribution in [1.82, 2.24) is 15.0 Å². The molecule has 0 fully saturated rings. The highest BCUT2D eigenvalue weighted by Gasteiger charge is 2.18. The number of anilines is 1. The van der Waals surface area contributed by atoms with E-state index < -0.39 is 6.23 Å². The molecule has 1 unspecified atom stereocenters. The molecule has 4 aromatic rings. The van der Waals surface area contributed by atoms with Crippen LogP contribution in [0.3, 0.4) is 0 Å². The van der Waals surface area contributed by atoms with Crippen LogP contribution in [-0.2, 0) is 0 Å². The van der Waals surface area contributed by atoms with Crippen LogP contribution in [-0.4, -0.2) is 41.4 Å². The summed E-state index contributed by atoms with van der Waals surface area (Å²) in [5.74, 6) is 1.73. The number of fused-ring (bicyclic) bond motifs is 1. The molecule has 0 aliphatic heterocycles. The van der Waals surface area contributed by atoms with Gasteiger partial charge in [0, 0.05) is 18.0 Å². The number of hydrogen-bond donors (Lipinski definition) is 2. The van der Waals surface area contributed by atoms with Gasteiger partial charge in [-0.15, -0.1) is 0 Å². The number of pyridine rings is 2. The first-order valence-electron chi connectivity index (χ1n) is 9.04. The van der Waals surface area contributed by atoms with E-state index in [-0.39, 0.29) is 0 Å². The fourth-order valence-corrected chi connectivity index (χ4v) is 3.03. The van der Waals surface area contributed by atoms with Crippen LogP contribution in [0.2, 0.25) is 0 Å². The predicted molar refractivity (Wildman–Crippen MR) is 110 cm³/mol. The lowest BCUT2D eigenvalue weighted by Crippen LogP contribution is -2.11. The van der Waals surface area contributed by atoms with E-state index in [0.29, 0.717) is 51.2 Å². The van der Waals surface area contributed by atoms with Gasteiger partial charge in [0.1, 0.15) is 0 Å². The number of aliphatic hydroxyl groups is 1. The Morgan fingerprint density at radius 1 is 1.03 bits per heavy atom. The largest absolute Gasteiger partial charge is 0.493 e. The summed E-state index contributed by atoms with van der Waals surface area (Å²) in [5.41, 5.74) is 2.85. The van der Waals surface area contributed by atoms with Gasteiger partial charge in [-0.1, -0.05) is 0 Å². The highest BCUT2D eigenvalue weighted by Crippen LogP contribution is 2.39. The molecule has 0 aliphatic carbocycles. The molecule has 4 rings (SSSR count). The molecule has 30 heavy (non-hydrogen) atoms. The van der Waals surface area contributed by atoms with Crippen LogP contribution >= 0.6 is 0 Å². The smallest absolute Gasteiger partial charge is 0.230 e. The van der Waals surface area contributed by atoms with E-state index in [1.807, 2.05) is 0 Å². The molecule has 0 bridgehead atoms. The number of methoxy groups -OCH3 is 3. The molecule has 9 nitrogen and oxygen atoms in total. The Balaban J connectivity index is 1.61. The normalized spacial score (nSPS) is 11.9. The number of rotatable bonds is 7. The summed E-state index contributed by atoms with van der Waals surface area (Å²) < 4.78 is 21.7. The minimum Gasteiger partial charge on any atom is -0.493 e. The molecule has 0 saturated carbocycles. The molecule has 1 atom stereocenters. The van der Waals surface area contributed by atoms with Crippen LogP contribution in [0.4, 0.5) is 5.69 Å². The van der Waals surface area contributed by atoms with E-state index in [2.05, 4.69) is 20.3 Å². The van der Waals surface area contributed by atoms with Gasteiger partial charge in [-0.3, -0.25) is 4.98 Å². The third-order valence-electron chi connectivity index (χ3n) is 4.46. The second kappa shape index (κ2) is 8.26. The number of nitrogens with zero attached hydrogens (tertiary/aromatic N) is 3. The van der Waals surface area contributed by atoms with E-state index in [1.165, 1.54) is 21.3 Å². The fourth-order valence-electron chi connectivity index (χ4n) is 3.03. The van der Waals surface area contributed by atoms with Crippen LogP contribution in [0.5, 0.6) is 17.2 Å². The summed E-state index contributed by atoms with van der Waals surface area (Å²) in [6.45, 7) is 0. The van der Waals surface area contributed by atoms with Crippen molar-refractivity contribution >= 4 is 16.9 Å². The second-order valence-corrected chi connectivity index (χ2v) is 6.31. The van der Waals surface area contributed by atoms with E-state index >= 15 is 0 Å². The van der Waals surface area contributed by atoms with Crippen LogP contribution in [0.1, 0.15) is 11.8 Å². The van der Waals surface area contributed by atoms with Crippen LogP contribution in [0.15, 0.2) is 53.3 Å². The maximum absolute atomic E-state index is 10.7. The molecule has 9 heteroatoms. The van der Waals surface area contributed by atoms with Gasteiger partial charge in [0.25, 0.3) is 0 Å². The van der Waals surface area contributed by atoms with Crippen LogP contribution in [0.25, 0.3) is 22.7 Å². The molecule has 0 aliphatic rings. The fraction of sp³-hybridized carbons (Fsp3) is 0.190. The standard InChI is InChI=1S/C21H20N4O5/c1-27-16-8-12(9-17(28-2)18(16)29-3)20(26)24-14-7-13(10-22-11-14)21-25-19-15(30-21)5-4-6-23-19/h4-11,20,24,26H,1-3H3. The van der Waals surface area contributed by atoms with Crippen molar-refractivity contribution in [2.45, 2.75) is 6.23 Å². The molecule has 0 spiro atoms. The summed E-state index contributed by atoms with van der Waals surface area (Å²) in [4.78, 5) is 12.7. The summed E-state index contributed by atoms with van der Waals surface area (Å²) >= 11 is 0. The first-order valence-corrected chi connectivity index (χ1v) is 9.04. The third kappa shape index (κ3) is 3.70. The highest BCUT2D eigenvalue weighted by atomic mass is 16.5. The van der Waals surface area contributed by atoms with Crippen molar-refractivity contribution in [2.75, 3.05) is 26.6 Å². The van der Waals surface area contributed by atoms with Gasteiger partial charge in [0.15, 0.2) is 29.0 Å². The van der Waals surface area contributed by atoms with Crippen LogP contribution in [0, 0.1) is 0 Å². The predicted octanol–water partition coefficient (Wildman–Crippen LogP) is 3.41. The van der Waals surface area contributed by atoms with Gasteiger partial charge in [-0.25, -0.2) is 4.98 Å². The topological polar surface area (TPSA) is 112 Å². The number of ether oxygens (including phenoxy) is 3. The Bertz CT molecular complexity index is 1120. The summed E-state index contributed by atoms with van der Waals surface area (Å²) in [5, 5.41) is 13.7. The first-order chi connectivity index (χ1) is 14.6. The van der Waals surface area contributed by atoms with Crippen LogP contribution < -0.4 is 19.5 Å². The number of benzene rings is 1. The van der Waals surface area contributed by atoms with Gasteiger partial charge in [-0.05, 0) is 30.3 Å². The lowest BCUT2D eigenvalue weighted by molar-refractivity contribution is 0.206. The van der Waals surface area contributed by atoms with E-state index in [4.69, 9.17) is 18.6 Å². The molecule has 2 N–H and O–H groups in total. The number of oxazole rings is 1. The quantitative estimate of drug-likeness (QED) is 0.444. The minimum absolute atomic E-state index is 0.391. The Morgan fingerprint density at radius 3 is 2.47 bits per heavy atom. The molecule has 0 saturated heterocycles. The van der Waals surface area contributed by atoms with E-state index in [0.717, 1.165) is 0 Å². The maximum Gasteiger partial charge on any atom is 0.230 e. The maximum atomic E-state index is 10.7. The Labute approximate surface area is 172 Å². The zero-order valence-electron chi connectivity index (χ0n) is 16.6. The minimum atomic E-state index is -1.05. The molecule has 3 heterocycles. The first kappa shape index (κ1) is 19.5. The molecular formula is C21H20N4O5. The average molecular weight is 408 g/mol. The average Bonchev–Trinajstić information content (AvgIpc) is 3.22. The van der Waals surface area contributed by atoms with Crippen molar-refractivity contribution in [3.8, 4) is 28.7 Å². The molecular weight excluding hydrogens is 388 g/mol. The SMILES string of the molecule is COc1cc(C(O)Nc2cncc(-c3nc4ncccc4o3)c2)cc(OC)c1OC. The van der Waals surface area contributed by atoms with Gasteiger partial charge in [0.05, 0.1) is 38.8 Å². The van der Waals surface area contributed by atoms with E-state index in [9.17, 15) is 5.11 Å². The van der Waals surface area contributed by atoms with Crippen molar-refractivity contribution in [3.63, 3.8) is 0 Å². The number of aromatic nitrogens is 3. The molecule has 1 aromatic carbocycles. The monoisotopic (exact) mass is 408 g/mol. The third-order valence-corrected chi connectivity index (χ3v) is 4.46. The zero-order valence-corrected chi connectivity index (χ0v) is 16.6. The van der Waals surface area contributed by atoms with Crippen molar-refractivity contribution in [2.24, 2.45) is 0 Å². The van der Waals surface area contributed by atoms with Gasteiger partial charge in [0.2, 0.25) is 11.6 Å². The highest BCUT2D eigenvalue weighted by molar-refractivity contribution is 5.72. The Morgan fingerprint density at radius 2 is 1.80 bits per heavy atom.